The van der Waals surface area contributed by atoms with Gasteiger partial charge in [-0.25, -0.2) is 12.7 Å². The van der Waals surface area contributed by atoms with Gasteiger partial charge in [0.1, 0.15) is 0 Å². The number of thioether (sulfide) groups is 1. The van der Waals surface area contributed by atoms with Gasteiger partial charge >= 0.3 is 0 Å². The second-order valence-electron chi connectivity index (χ2n) is 6.85. The minimum Gasteiger partial charge on any atom is -0.369 e. The lowest BCUT2D eigenvalue weighted by molar-refractivity contribution is -0.137. The third-order valence-electron chi connectivity index (χ3n) is 4.87. The summed E-state index contributed by atoms with van der Waals surface area (Å²) in [4.78, 5) is 27.6. The number of primary amides is 1. The molecule has 0 aliphatic carbocycles. The van der Waals surface area contributed by atoms with Crippen molar-refractivity contribution in [1.82, 2.24) is 19.4 Å². The van der Waals surface area contributed by atoms with E-state index >= 15 is 0 Å². The smallest absolute Gasteiger partial charge is 0.227 e. The molecule has 0 aromatic carbocycles. The van der Waals surface area contributed by atoms with E-state index in [1.54, 1.807) is 0 Å². The third kappa shape index (κ3) is 5.33. The van der Waals surface area contributed by atoms with Crippen LogP contribution in [0, 0.1) is 5.92 Å². The summed E-state index contributed by atoms with van der Waals surface area (Å²) in [6.07, 6.45) is 2.35. The van der Waals surface area contributed by atoms with Gasteiger partial charge in [0.15, 0.2) is 4.34 Å². The summed E-state index contributed by atoms with van der Waals surface area (Å²) >= 11 is 2.69. The summed E-state index contributed by atoms with van der Waals surface area (Å²) in [5.74, 6) is -0.211. The Balaban J connectivity index is 1.47. The maximum absolute atomic E-state index is 12.8. The van der Waals surface area contributed by atoms with Crippen LogP contribution in [-0.2, 0) is 19.6 Å². The van der Waals surface area contributed by atoms with Crippen LogP contribution in [0.5, 0.6) is 0 Å². The molecule has 2 fully saturated rings. The highest BCUT2D eigenvalue weighted by atomic mass is 32.2. The molecule has 156 valence electrons. The van der Waals surface area contributed by atoms with Crippen molar-refractivity contribution < 1.29 is 18.0 Å². The number of hydrogen-bond donors (Lipinski definition) is 1. The van der Waals surface area contributed by atoms with Crippen LogP contribution in [0.2, 0.25) is 0 Å². The molecule has 10 nitrogen and oxygen atoms in total. The molecule has 0 atom stereocenters. The highest BCUT2D eigenvalue weighted by Gasteiger charge is 2.33. The molecular formula is C15H24N6O4S3. The monoisotopic (exact) mass is 448 g/mol. The van der Waals surface area contributed by atoms with Gasteiger partial charge in [0.2, 0.25) is 27.0 Å². The van der Waals surface area contributed by atoms with Crippen LogP contribution in [0.25, 0.3) is 0 Å². The Kier molecular flexibility index (Phi) is 6.78. The van der Waals surface area contributed by atoms with Gasteiger partial charge in [0.25, 0.3) is 0 Å². The maximum Gasteiger partial charge on any atom is 0.227 e. The van der Waals surface area contributed by atoms with E-state index in [1.165, 1.54) is 33.7 Å². The molecule has 0 bridgehead atoms. The van der Waals surface area contributed by atoms with E-state index in [-0.39, 0.29) is 17.6 Å². The Morgan fingerprint density at radius 1 is 1.14 bits per heavy atom. The Morgan fingerprint density at radius 3 is 2.36 bits per heavy atom. The quantitative estimate of drug-likeness (QED) is 0.573. The molecule has 13 heteroatoms. The number of amides is 2. The maximum atomic E-state index is 12.8. The van der Waals surface area contributed by atoms with Crippen molar-refractivity contribution in [3.05, 3.63) is 0 Å². The van der Waals surface area contributed by atoms with E-state index < -0.39 is 15.9 Å². The zero-order chi connectivity index (χ0) is 20.3. The Hall–Kier alpha value is -1.44. The van der Waals surface area contributed by atoms with Crippen molar-refractivity contribution in [3.63, 3.8) is 0 Å². The van der Waals surface area contributed by atoms with E-state index in [2.05, 4.69) is 15.1 Å². The van der Waals surface area contributed by atoms with Crippen LogP contribution < -0.4 is 10.6 Å². The lowest BCUT2D eigenvalue weighted by Crippen LogP contribution is -2.52. The second kappa shape index (κ2) is 8.93. The van der Waals surface area contributed by atoms with Gasteiger partial charge in [0.05, 0.1) is 12.0 Å². The van der Waals surface area contributed by atoms with Gasteiger partial charge in [0, 0.05) is 45.2 Å². The minimum atomic E-state index is -3.18. The number of piperidine rings is 1. The molecule has 2 N–H and O–H groups in total. The van der Waals surface area contributed by atoms with Crippen molar-refractivity contribution in [2.75, 3.05) is 56.2 Å². The van der Waals surface area contributed by atoms with Crippen LogP contribution in [0.3, 0.4) is 0 Å². The number of piperazine rings is 1. The molecule has 2 aliphatic heterocycles. The highest BCUT2D eigenvalue weighted by molar-refractivity contribution is 8.01. The number of nitrogens with two attached hydrogens (primary N) is 1. The first kappa shape index (κ1) is 21.3. The van der Waals surface area contributed by atoms with Gasteiger partial charge in [-0.15, -0.1) is 10.2 Å². The third-order valence-corrected chi connectivity index (χ3v) is 8.31. The van der Waals surface area contributed by atoms with E-state index in [4.69, 9.17) is 5.73 Å². The molecule has 3 heterocycles. The molecule has 0 unspecified atom stereocenters. The van der Waals surface area contributed by atoms with Crippen LogP contribution in [0.4, 0.5) is 5.13 Å². The average molecular weight is 449 g/mol. The average Bonchev–Trinajstić information content (AvgIpc) is 3.14. The lowest BCUT2D eigenvalue weighted by Gasteiger charge is -2.38. The van der Waals surface area contributed by atoms with E-state index in [0.717, 1.165) is 5.13 Å². The van der Waals surface area contributed by atoms with Gasteiger partial charge in [-0.05, 0) is 12.8 Å². The molecule has 1 aromatic heterocycles. The molecule has 3 rings (SSSR count). The van der Waals surface area contributed by atoms with Crippen molar-refractivity contribution in [1.29, 1.82) is 0 Å². The zero-order valence-electron chi connectivity index (χ0n) is 15.6. The second-order valence-corrected chi connectivity index (χ2v) is 11.0. The fourth-order valence-corrected chi connectivity index (χ4v) is 5.84. The molecule has 2 aliphatic rings. The number of sulfonamides is 1. The number of aromatic nitrogens is 2. The zero-order valence-corrected chi connectivity index (χ0v) is 18.1. The number of carbonyl (C=O) groups is 2. The Morgan fingerprint density at radius 2 is 1.79 bits per heavy atom. The molecule has 28 heavy (non-hydrogen) atoms. The number of nitrogens with zero attached hydrogens (tertiary/aromatic N) is 5. The summed E-state index contributed by atoms with van der Waals surface area (Å²) in [6.45, 7) is 3.37. The molecule has 2 saturated heterocycles. The normalized spacial score (nSPS) is 19.8. The Bertz CT molecular complexity index is 813. The topological polar surface area (TPSA) is 130 Å². The van der Waals surface area contributed by atoms with Crippen LogP contribution in [0.1, 0.15) is 12.8 Å². The lowest BCUT2D eigenvalue weighted by atomic mass is 9.96. The summed E-state index contributed by atoms with van der Waals surface area (Å²) in [5, 5.41) is 9.01. The number of hydrogen-bond acceptors (Lipinski definition) is 9. The molecule has 0 radical (unpaired) electrons. The fraction of sp³-hybridized carbons (Fsp3) is 0.733. The molecule has 2 amide bonds. The van der Waals surface area contributed by atoms with Crippen molar-refractivity contribution in [2.24, 2.45) is 11.7 Å². The molecular weight excluding hydrogens is 424 g/mol. The SMILES string of the molecule is CS(=O)(=O)N1CCC(C(=O)N2CCN(c3nnc(SCC(N)=O)s3)CC2)CC1. The van der Waals surface area contributed by atoms with Crippen molar-refractivity contribution >= 4 is 50.1 Å². The number of rotatable bonds is 6. The van der Waals surface area contributed by atoms with Gasteiger partial charge in [-0.3, -0.25) is 9.59 Å². The fourth-order valence-electron chi connectivity index (χ4n) is 3.33. The van der Waals surface area contributed by atoms with Gasteiger partial charge in [-0.1, -0.05) is 23.1 Å². The predicted octanol–water partition coefficient (Wildman–Crippen LogP) is -0.564. The standard InChI is InChI=1S/C15H24N6O4S3/c1-28(24,25)21-4-2-11(3-5-21)13(23)19-6-8-20(9-7-19)14-17-18-15(27-14)26-10-12(16)22/h11H,2-10H2,1H3,(H2,16,22). The summed E-state index contributed by atoms with van der Waals surface area (Å²) < 4.78 is 25.3. The van der Waals surface area contributed by atoms with Gasteiger partial charge in [-0.2, -0.15) is 0 Å². The van der Waals surface area contributed by atoms with Crippen LogP contribution in [0.15, 0.2) is 4.34 Å². The highest BCUT2D eigenvalue weighted by Crippen LogP contribution is 2.29. The Labute approximate surface area is 172 Å². The first-order valence-electron chi connectivity index (χ1n) is 8.97. The van der Waals surface area contributed by atoms with Crippen molar-refractivity contribution in [2.45, 2.75) is 17.2 Å². The van der Waals surface area contributed by atoms with E-state index in [9.17, 15) is 18.0 Å². The molecule has 1 aromatic rings. The van der Waals surface area contributed by atoms with E-state index in [0.29, 0.717) is 56.4 Å². The molecule has 0 saturated carbocycles. The number of anilines is 1. The van der Waals surface area contributed by atoms with Gasteiger partial charge < -0.3 is 15.5 Å². The first-order valence-corrected chi connectivity index (χ1v) is 12.6. The predicted molar refractivity (Wildman–Crippen MR) is 108 cm³/mol. The summed E-state index contributed by atoms with van der Waals surface area (Å²) in [5.41, 5.74) is 5.14. The molecule has 0 spiro atoms. The summed E-state index contributed by atoms with van der Waals surface area (Å²) in [6, 6.07) is 0. The first-order chi connectivity index (χ1) is 13.2. The minimum absolute atomic E-state index is 0.108. The van der Waals surface area contributed by atoms with Crippen LogP contribution >= 0.6 is 23.1 Å². The summed E-state index contributed by atoms with van der Waals surface area (Å²) in [7, 11) is -3.18. The van der Waals surface area contributed by atoms with Crippen LogP contribution in [-0.4, -0.2) is 90.9 Å². The van der Waals surface area contributed by atoms with E-state index in [1.807, 2.05) is 4.90 Å². The number of carbonyl (C=O) groups excluding carboxylic acids is 2. The largest absolute Gasteiger partial charge is 0.369 e. The van der Waals surface area contributed by atoms with Crippen molar-refractivity contribution in [3.8, 4) is 0 Å².